The third kappa shape index (κ3) is 4.07. The van der Waals surface area contributed by atoms with E-state index >= 15 is 0 Å². The largest absolute Gasteiger partial charge is 0.459 e. The maximum absolute atomic E-state index is 13.6. The van der Waals surface area contributed by atoms with Gasteiger partial charge in [0, 0.05) is 24.9 Å². The van der Waals surface area contributed by atoms with Gasteiger partial charge < -0.3 is 9.32 Å². The van der Waals surface area contributed by atoms with Crippen LogP contribution in [0.5, 0.6) is 0 Å². The van der Waals surface area contributed by atoms with Crippen molar-refractivity contribution < 1.29 is 28.2 Å². The number of aliphatic imine (C=N–C) groups is 1. The highest BCUT2D eigenvalue weighted by molar-refractivity contribution is 6.31. The van der Waals surface area contributed by atoms with E-state index in [1.807, 2.05) is 4.58 Å². The highest BCUT2D eigenvalue weighted by atomic mass is 16.3. The number of carbonyl (C=O) groups is 4. The number of furan rings is 1. The van der Waals surface area contributed by atoms with Gasteiger partial charge in [-0.2, -0.15) is 0 Å². The Hall–Kier alpha value is -4.34. The molecule has 0 bridgehead atoms. The molecule has 0 spiro atoms. The first-order valence-electron chi connectivity index (χ1n) is 11.3. The second-order valence-corrected chi connectivity index (χ2v) is 8.47. The molecule has 35 heavy (non-hydrogen) atoms. The molecular formula is C25H24N5O5+. The fourth-order valence-corrected chi connectivity index (χ4v) is 4.56. The number of fused-ring (bicyclic) bond motifs is 1. The van der Waals surface area contributed by atoms with Crippen molar-refractivity contribution in [3.8, 4) is 0 Å². The highest BCUT2D eigenvalue weighted by Gasteiger charge is 2.49. The molecule has 1 unspecified atom stereocenters. The van der Waals surface area contributed by atoms with Crippen LogP contribution in [0.1, 0.15) is 20.9 Å². The van der Waals surface area contributed by atoms with Crippen molar-refractivity contribution in [2.45, 2.75) is 0 Å². The van der Waals surface area contributed by atoms with Gasteiger partial charge in [-0.3, -0.25) is 24.2 Å². The summed E-state index contributed by atoms with van der Waals surface area (Å²) in [5, 5.41) is 0. The normalized spacial score (nSPS) is 20.2. The van der Waals surface area contributed by atoms with Crippen molar-refractivity contribution in [3.05, 3.63) is 72.3 Å². The first-order valence-corrected chi connectivity index (χ1v) is 11.3. The van der Waals surface area contributed by atoms with E-state index in [2.05, 4.69) is 4.99 Å². The Bertz CT molecular complexity index is 1270. The standard InChI is InChI=1S/C25H24N5O5/c1-27-22-21(24(33)30(25(27)34)16-19(31)17-6-3-2-4-7-17)18(9-10-26-22)28-11-13-29(14-12-28)23(32)20-8-5-15-35-20/h2-10,15,21H,11-14,16H2,1H3/q+1. The number of carbonyl (C=O) groups excluding carboxylic acids is 4. The molecule has 0 saturated carbocycles. The van der Waals surface area contributed by atoms with E-state index < -0.39 is 17.9 Å². The van der Waals surface area contributed by atoms with E-state index in [-0.39, 0.29) is 18.2 Å². The van der Waals surface area contributed by atoms with Gasteiger partial charge in [-0.25, -0.2) is 14.4 Å². The smallest absolute Gasteiger partial charge is 0.332 e. The van der Waals surface area contributed by atoms with Crippen LogP contribution in [-0.4, -0.2) is 94.2 Å². The maximum Gasteiger partial charge on any atom is 0.332 e. The van der Waals surface area contributed by atoms with E-state index in [0.717, 1.165) is 4.90 Å². The molecule has 10 heteroatoms. The summed E-state index contributed by atoms with van der Waals surface area (Å²) in [7, 11) is 1.55. The first kappa shape index (κ1) is 22.5. The van der Waals surface area contributed by atoms with Crippen molar-refractivity contribution in [3.63, 3.8) is 0 Å². The summed E-state index contributed by atoms with van der Waals surface area (Å²) in [6, 6.07) is 11.3. The number of Topliss-reactive ketones (excluding diaryl/α,β-unsaturated/α-hetero) is 1. The van der Waals surface area contributed by atoms with Gasteiger partial charge in [0.1, 0.15) is 5.84 Å². The topological polar surface area (TPSA) is 107 Å². The van der Waals surface area contributed by atoms with E-state index in [4.69, 9.17) is 4.42 Å². The van der Waals surface area contributed by atoms with Crippen molar-refractivity contribution in [1.29, 1.82) is 0 Å². The first-order chi connectivity index (χ1) is 17.0. The molecule has 4 heterocycles. The van der Waals surface area contributed by atoms with Gasteiger partial charge in [0.15, 0.2) is 36.3 Å². The highest BCUT2D eigenvalue weighted by Crippen LogP contribution is 2.24. The number of urea groups is 1. The lowest BCUT2D eigenvalue weighted by Crippen LogP contribution is -2.62. The molecule has 4 amide bonds. The minimum atomic E-state index is -0.807. The number of amides is 4. The monoisotopic (exact) mass is 474 g/mol. The van der Waals surface area contributed by atoms with Crippen molar-refractivity contribution in [2.75, 3.05) is 39.8 Å². The van der Waals surface area contributed by atoms with Gasteiger partial charge in [0.05, 0.1) is 25.9 Å². The molecule has 3 aliphatic rings. The molecule has 0 radical (unpaired) electrons. The Kier molecular flexibility index (Phi) is 5.86. The van der Waals surface area contributed by atoms with E-state index in [9.17, 15) is 19.2 Å². The van der Waals surface area contributed by atoms with E-state index in [1.165, 1.54) is 11.2 Å². The number of benzene rings is 1. The fraction of sp³-hybridized carbons (Fsp3) is 0.280. The van der Waals surface area contributed by atoms with Crippen LogP contribution in [0.4, 0.5) is 4.79 Å². The molecule has 2 aromatic rings. The quantitative estimate of drug-likeness (QED) is 0.493. The molecule has 2 fully saturated rings. The van der Waals surface area contributed by atoms with Crippen LogP contribution >= 0.6 is 0 Å². The molecule has 10 nitrogen and oxygen atoms in total. The predicted octanol–water partition coefficient (Wildman–Crippen LogP) is 1.51. The second kappa shape index (κ2) is 9.13. The Morgan fingerprint density at radius 1 is 1.09 bits per heavy atom. The van der Waals surface area contributed by atoms with Gasteiger partial charge in [-0.15, -0.1) is 0 Å². The molecule has 1 aromatic heterocycles. The number of allylic oxidation sites excluding steroid dienone is 1. The summed E-state index contributed by atoms with van der Waals surface area (Å²) < 4.78 is 7.25. The fourth-order valence-electron chi connectivity index (χ4n) is 4.56. The molecule has 1 aromatic carbocycles. The molecule has 3 aliphatic heterocycles. The predicted molar refractivity (Wildman–Crippen MR) is 125 cm³/mol. The lowest BCUT2D eigenvalue weighted by Gasteiger charge is -2.37. The number of hydrogen-bond donors (Lipinski definition) is 0. The van der Waals surface area contributed by atoms with Gasteiger partial charge in [0.2, 0.25) is 0 Å². The molecule has 0 N–H and O–H groups in total. The van der Waals surface area contributed by atoms with Crippen LogP contribution < -0.4 is 0 Å². The number of nitrogens with zero attached hydrogens (tertiary/aromatic N) is 5. The van der Waals surface area contributed by atoms with Gasteiger partial charge in [0.25, 0.3) is 11.8 Å². The molecule has 0 aliphatic carbocycles. The van der Waals surface area contributed by atoms with Crippen molar-refractivity contribution >= 4 is 35.2 Å². The number of hydrogen-bond acceptors (Lipinski definition) is 6. The maximum atomic E-state index is 13.6. The lowest BCUT2D eigenvalue weighted by atomic mass is 9.94. The number of imide groups is 1. The van der Waals surface area contributed by atoms with Crippen LogP contribution in [0.2, 0.25) is 0 Å². The molecular weight excluding hydrogens is 450 g/mol. The Balaban J connectivity index is 1.38. The minimum Gasteiger partial charge on any atom is -0.459 e. The van der Waals surface area contributed by atoms with Crippen molar-refractivity contribution in [2.24, 2.45) is 10.9 Å². The Morgan fingerprint density at radius 2 is 1.83 bits per heavy atom. The summed E-state index contributed by atoms with van der Waals surface area (Å²) in [5.41, 5.74) is 1.13. The van der Waals surface area contributed by atoms with Crippen LogP contribution in [0.3, 0.4) is 0 Å². The van der Waals surface area contributed by atoms with Crippen LogP contribution in [0, 0.1) is 5.92 Å². The Labute approximate surface area is 201 Å². The van der Waals surface area contributed by atoms with Crippen molar-refractivity contribution in [1.82, 2.24) is 14.7 Å². The second-order valence-electron chi connectivity index (χ2n) is 8.47. The lowest BCUT2D eigenvalue weighted by molar-refractivity contribution is -0.538. The number of ketones is 1. The average molecular weight is 474 g/mol. The molecule has 1 atom stereocenters. The van der Waals surface area contributed by atoms with Crippen LogP contribution in [0.25, 0.3) is 0 Å². The number of rotatable bonds is 4. The van der Waals surface area contributed by atoms with Crippen LogP contribution in [-0.2, 0) is 4.79 Å². The van der Waals surface area contributed by atoms with Gasteiger partial charge >= 0.3 is 6.03 Å². The summed E-state index contributed by atoms with van der Waals surface area (Å²) in [6.45, 7) is 1.57. The third-order valence-corrected chi connectivity index (χ3v) is 6.44. The number of piperazine rings is 1. The summed E-state index contributed by atoms with van der Waals surface area (Å²) in [4.78, 5) is 60.2. The SMILES string of the molecule is CN1C(=O)N(CC(=O)c2ccccc2)C(=O)C2C1=NC=CC2=[N+]1CCN(C(=O)c2ccco2)CC1. The van der Waals surface area contributed by atoms with Gasteiger partial charge in [-0.1, -0.05) is 30.3 Å². The summed E-state index contributed by atoms with van der Waals surface area (Å²) in [5.74, 6) is -1.16. The zero-order chi connectivity index (χ0) is 24.5. The minimum absolute atomic E-state index is 0.175. The molecule has 2 saturated heterocycles. The summed E-state index contributed by atoms with van der Waals surface area (Å²) in [6.07, 6.45) is 4.80. The molecule has 5 rings (SSSR count). The average Bonchev–Trinajstić information content (AvgIpc) is 3.44. The van der Waals surface area contributed by atoms with Crippen LogP contribution in [0.15, 0.2) is 70.4 Å². The van der Waals surface area contributed by atoms with Gasteiger partial charge in [-0.05, 0) is 12.1 Å². The zero-order valence-corrected chi connectivity index (χ0v) is 19.2. The number of amidine groups is 1. The Morgan fingerprint density at radius 3 is 2.51 bits per heavy atom. The van der Waals surface area contributed by atoms with E-state index in [1.54, 1.807) is 66.7 Å². The zero-order valence-electron chi connectivity index (χ0n) is 19.2. The van der Waals surface area contributed by atoms with E-state index in [0.29, 0.717) is 49.1 Å². The molecule has 178 valence electrons. The summed E-state index contributed by atoms with van der Waals surface area (Å²) >= 11 is 0. The third-order valence-electron chi connectivity index (χ3n) is 6.44.